The van der Waals surface area contributed by atoms with Crippen LogP contribution in [0.3, 0.4) is 0 Å². The van der Waals surface area contributed by atoms with Gasteiger partial charge in [0.2, 0.25) is 0 Å². The first-order chi connectivity index (χ1) is 6.75. The molecule has 1 saturated carbocycles. The number of aromatic carboxylic acids is 1. The number of rotatable bonds is 1. The zero-order chi connectivity index (χ0) is 9.97. The number of carboxylic acids is 1. The van der Waals surface area contributed by atoms with Crippen LogP contribution in [0.2, 0.25) is 0 Å². The SMILES string of the molecule is O=C(O)c1cncc(C#CC2CC2)c1. The summed E-state index contributed by atoms with van der Waals surface area (Å²) in [4.78, 5) is 14.4. The Morgan fingerprint density at radius 2 is 2.29 bits per heavy atom. The van der Waals surface area contributed by atoms with E-state index in [1.54, 1.807) is 12.3 Å². The van der Waals surface area contributed by atoms with E-state index in [2.05, 4.69) is 16.8 Å². The highest BCUT2D eigenvalue weighted by atomic mass is 16.4. The van der Waals surface area contributed by atoms with Crippen LogP contribution < -0.4 is 0 Å². The Kier molecular flexibility index (Phi) is 2.19. The van der Waals surface area contributed by atoms with E-state index in [4.69, 9.17) is 5.11 Å². The highest BCUT2D eigenvalue weighted by molar-refractivity contribution is 5.87. The van der Waals surface area contributed by atoms with Crippen LogP contribution in [0.15, 0.2) is 18.5 Å². The predicted molar refractivity (Wildman–Crippen MR) is 50.8 cm³/mol. The van der Waals surface area contributed by atoms with Gasteiger partial charge in [-0.15, -0.1) is 0 Å². The number of hydrogen-bond donors (Lipinski definition) is 1. The van der Waals surface area contributed by atoms with E-state index in [-0.39, 0.29) is 5.56 Å². The summed E-state index contributed by atoms with van der Waals surface area (Å²) in [6.45, 7) is 0. The lowest BCUT2D eigenvalue weighted by Crippen LogP contribution is -1.97. The fourth-order valence-electron chi connectivity index (χ4n) is 1.04. The van der Waals surface area contributed by atoms with Gasteiger partial charge in [-0.25, -0.2) is 4.79 Å². The van der Waals surface area contributed by atoms with Crippen molar-refractivity contribution in [2.45, 2.75) is 12.8 Å². The van der Waals surface area contributed by atoms with Crippen molar-refractivity contribution in [1.29, 1.82) is 0 Å². The number of carbonyl (C=O) groups is 1. The third-order valence-electron chi connectivity index (χ3n) is 1.98. The van der Waals surface area contributed by atoms with E-state index in [1.807, 2.05) is 0 Å². The van der Waals surface area contributed by atoms with Crippen molar-refractivity contribution < 1.29 is 9.90 Å². The Bertz CT molecular complexity index is 424. The Morgan fingerprint density at radius 1 is 1.50 bits per heavy atom. The standard InChI is InChI=1S/C11H9NO2/c13-11(14)10-5-9(6-12-7-10)4-3-8-1-2-8/h5-8H,1-2H2,(H,13,14). The molecule has 0 spiro atoms. The molecular weight excluding hydrogens is 178 g/mol. The summed E-state index contributed by atoms with van der Waals surface area (Å²) in [5.74, 6) is 5.53. The molecule has 0 aliphatic heterocycles. The normalized spacial score (nSPS) is 14.3. The number of hydrogen-bond acceptors (Lipinski definition) is 2. The Hall–Kier alpha value is -1.82. The number of nitrogens with zero attached hydrogens (tertiary/aromatic N) is 1. The molecule has 1 aliphatic carbocycles. The quantitative estimate of drug-likeness (QED) is 0.678. The monoisotopic (exact) mass is 187 g/mol. The van der Waals surface area contributed by atoms with E-state index in [0.717, 1.165) is 0 Å². The molecule has 1 aliphatic rings. The average molecular weight is 187 g/mol. The van der Waals surface area contributed by atoms with Crippen molar-refractivity contribution in [3.63, 3.8) is 0 Å². The average Bonchev–Trinajstić information content (AvgIpc) is 2.99. The molecule has 0 atom stereocenters. The Balaban J connectivity index is 2.22. The molecule has 70 valence electrons. The van der Waals surface area contributed by atoms with Gasteiger partial charge in [0.1, 0.15) is 0 Å². The van der Waals surface area contributed by atoms with Gasteiger partial charge >= 0.3 is 5.97 Å². The molecule has 1 heterocycles. The largest absolute Gasteiger partial charge is 0.478 e. The molecule has 0 saturated heterocycles. The second-order valence-corrected chi connectivity index (χ2v) is 3.31. The zero-order valence-electron chi connectivity index (χ0n) is 7.53. The van der Waals surface area contributed by atoms with Crippen molar-refractivity contribution >= 4 is 5.97 Å². The topological polar surface area (TPSA) is 50.2 Å². The summed E-state index contributed by atoms with van der Waals surface area (Å²) in [5, 5.41) is 8.71. The van der Waals surface area contributed by atoms with E-state index >= 15 is 0 Å². The lowest BCUT2D eigenvalue weighted by atomic mass is 10.2. The van der Waals surface area contributed by atoms with E-state index in [1.165, 1.54) is 19.0 Å². The van der Waals surface area contributed by atoms with Crippen LogP contribution in [0.5, 0.6) is 0 Å². The zero-order valence-corrected chi connectivity index (χ0v) is 7.53. The third-order valence-corrected chi connectivity index (χ3v) is 1.98. The smallest absolute Gasteiger partial charge is 0.337 e. The molecular formula is C11H9NO2. The van der Waals surface area contributed by atoms with Crippen molar-refractivity contribution in [1.82, 2.24) is 4.98 Å². The fourth-order valence-corrected chi connectivity index (χ4v) is 1.04. The van der Waals surface area contributed by atoms with Gasteiger partial charge in [-0.2, -0.15) is 0 Å². The van der Waals surface area contributed by atoms with Gasteiger partial charge in [0.05, 0.1) is 5.56 Å². The maximum atomic E-state index is 10.6. The van der Waals surface area contributed by atoms with Gasteiger partial charge in [0.15, 0.2) is 0 Å². The minimum absolute atomic E-state index is 0.188. The molecule has 2 rings (SSSR count). The molecule has 0 aromatic carbocycles. The Labute approximate surface area is 81.8 Å². The van der Waals surface area contributed by atoms with Crippen molar-refractivity contribution in [3.05, 3.63) is 29.6 Å². The van der Waals surface area contributed by atoms with E-state index in [9.17, 15) is 4.79 Å². The summed E-state index contributed by atoms with van der Waals surface area (Å²) in [5.41, 5.74) is 0.865. The molecule has 1 aromatic heterocycles. The molecule has 1 fully saturated rings. The van der Waals surface area contributed by atoms with Gasteiger partial charge in [-0.05, 0) is 18.9 Å². The summed E-state index contributed by atoms with van der Waals surface area (Å²) in [6, 6.07) is 1.55. The fraction of sp³-hybridized carbons (Fsp3) is 0.273. The molecule has 3 heteroatoms. The lowest BCUT2D eigenvalue weighted by Gasteiger charge is -1.93. The van der Waals surface area contributed by atoms with Gasteiger partial charge in [0, 0.05) is 23.9 Å². The van der Waals surface area contributed by atoms with Crippen LogP contribution >= 0.6 is 0 Å². The number of aromatic nitrogens is 1. The minimum Gasteiger partial charge on any atom is -0.478 e. The van der Waals surface area contributed by atoms with Crippen molar-refractivity contribution in [3.8, 4) is 11.8 Å². The highest BCUT2D eigenvalue weighted by Crippen LogP contribution is 2.27. The molecule has 14 heavy (non-hydrogen) atoms. The van der Waals surface area contributed by atoms with Crippen LogP contribution in [0, 0.1) is 17.8 Å². The summed E-state index contributed by atoms with van der Waals surface area (Å²) in [7, 11) is 0. The van der Waals surface area contributed by atoms with Crippen LogP contribution in [-0.4, -0.2) is 16.1 Å². The highest BCUT2D eigenvalue weighted by Gasteiger charge is 2.17. The molecule has 0 unspecified atom stereocenters. The molecule has 0 radical (unpaired) electrons. The first-order valence-electron chi connectivity index (χ1n) is 4.45. The van der Waals surface area contributed by atoms with Crippen LogP contribution in [0.25, 0.3) is 0 Å². The van der Waals surface area contributed by atoms with Crippen molar-refractivity contribution in [2.24, 2.45) is 5.92 Å². The first-order valence-corrected chi connectivity index (χ1v) is 4.45. The maximum Gasteiger partial charge on any atom is 0.337 e. The second-order valence-electron chi connectivity index (χ2n) is 3.31. The molecule has 0 bridgehead atoms. The number of pyridine rings is 1. The molecule has 1 aromatic rings. The van der Waals surface area contributed by atoms with Gasteiger partial charge < -0.3 is 5.11 Å². The predicted octanol–water partition coefficient (Wildman–Crippen LogP) is 1.54. The molecule has 0 amide bonds. The molecule has 1 N–H and O–H groups in total. The minimum atomic E-state index is -0.965. The van der Waals surface area contributed by atoms with Gasteiger partial charge in [-0.1, -0.05) is 11.8 Å². The van der Waals surface area contributed by atoms with Gasteiger partial charge in [-0.3, -0.25) is 4.98 Å². The van der Waals surface area contributed by atoms with E-state index < -0.39 is 5.97 Å². The second kappa shape index (κ2) is 3.51. The first kappa shape index (κ1) is 8.76. The van der Waals surface area contributed by atoms with Gasteiger partial charge in [0.25, 0.3) is 0 Å². The summed E-state index contributed by atoms with van der Waals surface area (Å²) in [6.07, 6.45) is 5.24. The van der Waals surface area contributed by atoms with Crippen molar-refractivity contribution in [2.75, 3.05) is 0 Å². The summed E-state index contributed by atoms with van der Waals surface area (Å²) < 4.78 is 0. The summed E-state index contributed by atoms with van der Waals surface area (Å²) >= 11 is 0. The Morgan fingerprint density at radius 3 is 2.93 bits per heavy atom. The lowest BCUT2D eigenvalue weighted by molar-refractivity contribution is 0.0696. The maximum absolute atomic E-state index is 10.6. The molecule has 3 nitrogen and oxygen atoms in total. The third kappa shape index (κ3) is 2.11. The van der Waals surface area contributed by atoms with Crippen LogP contribution in [-0.2, 0) is 0 Å². The van der Waals surface area contributed by atoms with Crippen LogP contribution in [0.1, 0.15) is 28.8 Å². The van der Waals surface area contributed by atoms with E-state index in [0.29, 0.717) is 11.5 Å². The number of carboxylic acid groups (broad SMARTS) is 1. The van der Waals surface area contributed by atoms with Crippen LogP contribution in [0.4, 0.5) is 0 Å².